The summed E-state index contributed by atoms with van der Waals surface area (Å²) in [5.74, 6) is 0.0988. The van der Waals surface area contributed by atoms with E-state index in [1.54, 1.807) is 37.1 Å². The lowest BCUT2D eigenvalue weighted by Crippen LogP contribution is -2.43. The van der Waals surface area contributed by atoms with Crippen molar-refractivity contribution in [2.45, 2.75) is 13.3 Å². The zero-order valence-corrected chi connectivity index (χ0v) is 15.6. The molecule has 1 heterocycles. The van der Waals surface area contributed by atoms with Crippen molar-refractivity contribution in [1.29, 1.82) is 0 Å². The molecule has 0 aromatic heterocycles. The lowest BCUT2D eigenvalue weighted by Gasteiger charge is -2.30. The minimum atomic E-state index is -0.295. The molecular formula is C19H28N2O5. The summed E-state index contributed by atoms with van der Waals surface area (Å²) >= 11 is 0. The lowest BCUT2D eigenvalue weighted by atomic mass is 10.1. The SMILES string of the molecule is CCOC(=O)CCN(CCN1CCOCC1)C(=O)c1ccccc1OC. The van der Waals surface area contributed by atoms with Gasteiger partial charge in [-0.1, -0.05) is 12.1 Å². The average molecular weight is 364 g/mol. The molecule has 0 atom stereocenters. The zero-order valence-electron chi connectivity index (χ0n) is 15.6. The fraction of sp³-hybridized carbons (Fsp3) is 0.579. The Bertz CT molecular complexity index is 587. The van der Waals surface area contributed by atoms with Gasteiger partial charge in [-0.05, 0) is 19.1 Å². The maximum atomic E-state index is 13.0. The molecule has 1 aliphatic heterocycles. The van der Waals surface area contributed by atoms with E-state index in [1.165, 1.54) is 0 Å². The summed E-state index contributed by atoms with van der Waals surface area (Å²) < 4.78 is 15.7. The number of hydrogen-bond acceptors (Lipinski definition) is 6. The van der Waals surface area contributed by atoms with Gasteiger partial charge in [0.15, 0.2) is 0 Å². The van der Waals surface area contributed by atoms with Crippen LogP contribution in [0.25, 0.3) is 0 Å². The van der Waals surface area contributed by atoms with Gasteiger partial charge in [0.25, 0.3) is 5.91 Å². The van der Waals surface area contributed by atoms with Crippen LogP contribution in [-0.2, 0) is 14.3 Å². The van der Waals surface area contributed by atoms with Crippen molar-refractivity contribution in [3.8, 4) is 5.75 Å². The molecule has 0 saturated carbocycles. The maximum absolute atomic E-state index is 13.0. The molecule has 7 nitrogen and oxygen atoms in total. The van der Waals surface area contributed by atoms with Crippen LogP contribution in [0.3, 0.4) is 0 Å². The van der Waals surface area contributed by atoms with Crippen LogP contribution < -0.4 is 4.74 Å². The van der Waals surface area contributed by atoms with Gasteiger partial charge in [-0.3, -0.25) is 14.5 Å². The van der Waals surface area contributed by atoms with Gasteiger partial charge < -0.3 is 19.1 Å². The highest BCUT2D eigenvalue weighted by Crippen LogP contribution is 2.19. The standard InChI is InChI=1S/C19H28N2O5/c1-3-26-18(22)8-9-21(11-10-20-12-14-25-15-13-20)19(23)16-6-4-5-7-17(16)24-2/h4-7H,3,8-15H2,1-2H3. The van der Waals surface area contributed by atoms with E-state index in [4.69, 9.17) is 14.2 Å². The predicted octanol–water partition coefficient (Wildman–Crippen LogP) is 1.42. The van der Waals surface area contributed by atoms with Gasteiger partial charge in [0.1, 0.15) is 5.75 Å². The van der Waals surface area contributed by atoms with E-state index in [1.807, 2.05) is 6.07 Å². The Hall–Kier alpha value is -2.12. The Balaban J connectivity index is 2.04. The van der Waals surface area contributed by atoms with Gasteiger partial charge in [-0.2, -0.15) is 0 Å². The summed E-state index contributed by atoms with van der Waals surface area (Å²) in [5.41, 5.74) is 0.501. The van der Waals surface area contributed by atoms with Crippen molar-refractivity contribution in [2.75, 3.05) is 59.7 Å². The van der Waals surface area contributed by atoms with Gasteiger partial charge >= 0.3 is 5.97 Å². The van der Waals surface area contributed by atoms with Crippen molar-refractivity contribution in [3.63, 3.8) is 0 Å². The molecule has 0 radical (unpaired) electrons. The van der Waals surface area contributed by atoms with Gasteiger partial charge in [0.05, 0.1) is 38.9 Å². The fourth-order valence-corrected chi connectivity index (χ4v) is 2.85. The third-order valence-electron chi connectivity index (χ3n) is 4.31. The third kappa shape index (κ3) is 6.00. The lowest BCUT2D eigenvalue weighted by molar-refractivity contribution is -0.143. The molecule has 7 heteroatoms. The first kappa shape index (κ1) is 20.2. The molecule has 1 amide bonds. The highest BCUT2D eigenvalue weighted by Gasteiger charge is 2.21. The van der Waals surface area contributed by atoms with Crippen molar-refractivity contribution in [2.24, 2.45) is 0 Å². The Morgan fingerprint density at radius 3 is 2.62 bits per heavy atom. The predicted molar refractivity (Wildman–Crippen MR) is 97.4 cm³/mol. The number of methoxy groups -OCH3 is 1. The van der Waals surface area contributed by atoms with E-state index in [2.05, 4.69) is 4.90 Å². The number of esters is 1. The number of morpholine rings is 1. The summed E-state index contributed by atoms with van der Waals surface area (Å²) in [6.07, 6.45) is 0.178. The second-order valence-electron chi connectivity index (χ2n) is 6.00. The average Bonchev–Trinajstić information content (AvgIpc) is 2.68. The van der Waals surface area contributed by atoms with Crippen LogP contribution in [0.15, 0.2) is 24.3 Å². The van der Waals surface area contributed by atoms with E-state index < -0.39 is 0 Å². The molecule has 0 spiro atoms. The Kier molecular flexibility index (Phi) is 8.37. The van der Waals surface area contributed by atoms with Crippen molar-refractivity contribution in [1.82, 2.24) is 9.80 Å². The number of carbonyl (C=O) groups excluding carboxylic acids is 2. The number of hydrogen-bond donors (Lipinski definition) is 0. The number of para-hydroxylation sites is 1. The van der Waals surface area contributed by atoms with Gasteiger partial charge in [0.2, 0.25) is 0 Å². The van der Waals surface area contributed by atoms with Crippen LogP contribution in [0.1, 0.15) is 23.7 Å². The summed E-state index contributed by atoms with van der Waals surface area (Å²) in [7, 11) is 1.54. The van der Waals surface area contributed by atoms with E-state index in [-0.39, 0.29) is 18.3 Å². The molecule has 144 valence electrons. The van der Waals surface area contributed by atoms with E-state index in [9.17, 15) is 9.59 Å². The van der Waals surface area contributed by atoms with Crippen LogP contribution in [0.4, 0.5) is 0 Å². The normalized spacial score (nSPS) is 14.7. The Labute approximate surface area is 154 Å². The number of nitrogens with zero attached hydrogens (tertiary/aromatic N) is 2. The van der Waals surface area contributed by atoms with Gasteiger partial charge in [0, 0.05) is 32.7 Å². The molecular weight excluding hydrogens is 336 g/mol. The van der Waals surface area contributed by atoms with Crippen LogP contribution in [-0.4, -0.2) is 81.3 Å². The molecule has 1 aromatic carbocycles. The second-order valence-corrected chi connectivity index (χ2v) is 6.00. The van der Waals surface area contributed by atoms with Crippen molar-refractivity contribution in [3.05, 3.63) is 29.8 Å². The number of carbonyl (C=O) groups is 2. The number of rotatable bonds is 9. The Morgan fingerprint density at radius 2 is 1.92 bits per heavy atom. The maximum Gasteiger partial charge on any atom is 0.307 e. The molecule has 1 aliphatic rings. The van der Waals surface area contributed by atoms with Gasteiger partial charge in [-0.15, -0.1) is 0 Å². The second kappa shape index (κ2) is 10.8. The van der Waals surface area contributed by atoms with Crippen LogP contribution in [0, 0.1) is 0 Å². The van der Waals surface area contributed by atoms with Crippen molar-refractivity contribution < 1.29 is 23.8 Å². The molecule has 0 N–H and O–H groups in total. The molecule has 1 fully saturated rings. The molecule has 0 unspecified atom stereocenters. The summed E-state index contributed by atoms with van der Waals surface area (Å²) in [5, 5.41) is 0. The molecule has 26 heavy (non-hydrogen) atoms. The van der Waals surface area contributed by atoms with E-state index in [0.29, 0.717) is 44.2 Å². The minimum absolute atomic E-state index is 0.139. The van der Waals surface area contributed by atoms with E-state index >= 15 is 0 Å². The number of benzene rings is 1. The topological polar surface area (TPSA) is 68.3 Å². The summed E-state index contributed by atoms with van der Waals surface area (Å²) in [6, 6.07) is 7.14. The first-order chi connectivity index (χ1) is 12.7. The molecule has 1 aromatic rings. The summed E-state index contributed by atoms with van der Waals surface area (Å²) in [6.45, 7) is 6.85. The van der Waals surface area contributed by atoms with Crippen LogP contribution in [0.2, 0.25) is 0 Å². The minimum Gasteiger partial charge on any atom is -0.496 e. The third-order valence-corrected chi connectivity index (χ3v) is 4.31. The molecule has 0 bridgehead atoms. The summed E-state index contributed by atoms with van der Waals surface area (Å²) in [4.78, 5) is 28.7. The first-order valence-electron chi connectivity index (χ1n) is 9.03. The largest absolute Gasteiger partial charge is 0.496 e. The molecule has 2 rings (SSSR count). The van der Waals surface area contributed by atoms with Crippen LogP contribution in [0.5, 0.6) is 5.75 Å². The number of ether oxygens (including phenoxy) is 3. The number of amides is 1. The zero-order chi connectivity index (χ0) is 18.8. The first-order valence-corrected chi connectivity index (χ1v) is 9.03. The smallest absolute Gasteiger partial charge is 0.307 e. The van der Waals surface area contributed by atoms with Crippen molar-refractivity contribution >= 4 is 11.9 Å². The fourth-order valence-electron chi connectivity index (χ4n) is 2.85. The monoisotopic (exact) mass is 364 g/mol. The quantitative estimate of drug-likeness (QED) is 0.618. The highest BCUT2D eigenvalue weighted by atomic mass is 16.5. The molecule has 0 aliphatic carbocycles. The highest BCUT2D eigenvalue weighted by molar-refractivity contribution is 5.97. The van der Waals surface area contributed by atoms with Crippen LogP contribution >= 0.6 is 0 Å². The van der Waals surface area contributed by atoms with E-state index in [0.717, 1.165) is 19.6 Å². The van der Waals surface area contributed by atoms with Gasteiger partial charge in [-0.25, -0.2) is 0 Å². The molecule has 1 saturated heterocycles. The Morgan fingerprint density at radius 1 is 1.19 bits per heavy atom.